The van der Waals surface area contributed by atoms with Crippen molar-refractivity contribution in [2.75, 3.05) is 5.32 Å². The maximum absolute atomic E-state index is 12.7. The second kappa shape index (κ2) is 7.33. The van der Waals surface area contributed by atoms with E-state index in [2.05, 4.69) is 5.32 Å². The zero-order chi connectivity index (χ0) is 20.5. The summed E-state index contributed by atoms with van der Waals surface area (Å²) in [5.41, 5.74) is 4.75. The fraction of sp³-hybridized carbons (Fsp3) is 0.0417. The molecule has 0 saturated heterocycles. The van der Waals surface area contributed by atoms with Gasteiger partial charge < -0.3 is 14.2 Å². The van der Waals surface area contributed by atoms with E-state index in [1.807, 2.05) is 43.3 Å². The Morgan fingerprint density at radius 1 is 0.800 bits per heavy atom. The van der Waals surface area contributed by atoms with Crippen LogP contribution in [0.2, 0.25) is 0 Å². The number of rotatable bonds is 4. The number of nitrogens with one attached hydrogen (secondary N) is 1. The first-order valence-corrected chi connectivity index (χ1v) is 9.45. The van der Waals surface area contributed by atoms with Crippen molar-refractivity contribution in [3.05, 3.63) is 90.4 Å². The summed E-state index contributed by atoms with van der Waals surface area (Å²) in [6.07, 6.45) is 3.17. The highest BCUT2D eigenvalue weighted by molar-refractivity contribution is 6.06. The van der Waals surface area contributed by atoms with Crippen molar-refractivity contribution in [1.29, 1.82) is 0 Å². The molecule has 30 heavy (non-hydrogen) atoms. The second-order valence-corrected chi connectivity index (χ2v) is 6.90. The molecule has 0 unspecified atom stereocenters. The number of nitrogens with zero attached hydrogens (tertiary/aromatic N) is 2. The van der Waals surface area contributed by atoms with Crippen LogP contribution in [0.3, 0.4) is 0 Å². The van der Waals surface area contributed by atoms with E-state index in [-0.39, 0.29) is 5.91 Å². The average Bonchev–Trinajstić information content (AvgIpc) is 3.48. The summed E-state index contributed by atoms with van der Waals surface area (Å²) in [5, 5.41) is 2.91. The van der Waals surface area contributed by atoms with Crippen LogP contribution >= 0.6 is 0 Å². The number of fused-ring (bicyclic) bond motifs is 1. The molecule has 0 aliphatic heterocycles. The van der Waals surface area contributed by atoms with Crippen molar-refractivity contribution in [3.8, 4) is 22.9 Å². The number of hydrogen-bond donors (Lipinski definition) is 1. The molecular weight excluding hydrogens is 378 g/mol. The number of carbonyl (C=O) groups is 1. The van der Waals surface area contributed by atoms with Gasteiger partial charge in [-0.1, -0.05) is 17.7 Å². The predicted octanol–water partition coefficient (Wildman–Crippen LogP) is 5.71. The summed E-state index contributed by atoms with van der Waals surface area (Å²) in [6, 6.07) is 20.1. The Balaban J connectivity index is 1.56. The number of aromatic nitrogens is 2. The van der Waals surface area contributed by atoms with Gasteiger partial charge >= 0.3 is 0 Å². The Labute approximate surface area is 172 Å². The molecule has 3 aromatic heterocycles. The molecule has 1 N–H and O–H groups in total. The minimum Gasteiger partial charge on any atom is -0.463 e. The van der Waals surface area contributed by atoms with E-state index in [4.69, 9.17) is 18.8 Å². The van der Waals surface area contributed by atoms with Crippen LogP contribution in [0, 0.1) is 6.92 Å². The smallest absolute Gasteiger partial charge is 0.255 e. The van der Waals surface area contributed by atoms with Crippen molar-refractivity contribution in [1.82, 2.24) is 9.97 Å². The van der Waals surface area contributed by atoms with Crippen LogP contribution in [0.5, 0.6) is 0 Å². The molecule has 0 aliphatic carbocycles. The number of hydrogen-bond acceptors (Lipinski definition) is 5. The molecule has 0 bridgehead atoms. The van der Waals surface area contributed by atoms with Crippen LogP contribution in [0.25, 0.3) is 33.9 Å². The van der Waals surface area contributed by atoms with Gasteiger partial charge in [-0.15, -0.1) is 0 Å². The van der Waals surface area contributed by atoms with Gasteiger partial charge in [-0.3, -0.25) is 4.79 Å². The highest BCUT2D eigenvalue weighted by Gasteiger charge is 2.18. The molecular formula is C24H17N3O3. The monoisotopic (exact) mass is 395 g/mol. The molecule has 0 radical (unpaired) electrons. The fourth-order valence-electron chi connectivity index (χ4n) is 3.21. The number of amides is 1. The standard InChI is InChI=1S/C24H17N3O3/c1-15-6-9-17(10-7-15)25-24(28)16-8-11-18-19(14-16)27-23(21-5-3-13-30-21)22(26-18)20-4-2-12-29-20/h2-14H,1H3,(H,25,28). The largest absolute Gasteiger partial charge is 0.463 e. The Kier molecular flexibility index (Phi) is 4.37. The van der Waals surface area contributed by atoms with E-state index in [1.54, 1.807) is 42.9 Å². The zero-order valence-electron chi connectivity index (χ0n) is 16.1. The van der Waals surface area contributed by atoms with Gasteiger partial charge in [0.15, 0.2) is 11.5 Å². The van der Waals surface area contributed by atoms with E-state index in [9.17, 15) is 4.79 Å². The lowest BCUT2D eigenvalue weighted by atomic mass is 10.1. The normalized spacial score (nSPS) is 11.0. The van der Waals surface area contributed by atoms with Crippen molar-refractivity contribution in [2.24, 2.45) is 0 Å². The molecule has 0 fully saturated rings. The summed E-state index contributed by atoms with van der Waals surface area (Å²) in [5.74, 6) is 0.958. The Morgan fingerprint density at radius 3 is 2.03 bits per heavy atom. The molecule has 146 valence electrons. The SMILES string of the molecule is Cc1ccc(NC(=O)c2ccc3nc(-c4ccco4)c(-c4ccco4)nc3c2)cc1. The Bertz CT molecular complexity index is 1320. The van der Waals surface area contributed by atoms with Crippen molar-refractivity contribution < 1.29 is 13.6 Å². The minimum atomic E-state index is -0.211. The molecule has 0 atom stereocenters. The Hall–Kier alpha value is -4.19. The van der Waals surface area contributed by atoms with Crippen molar-refractivity contribution in [3.63, 3.8) is 0 Å². The predicted molar refractivity (Wildman–Crippen MR) is 114 cm³/mol. The number of aryl methyl sites for hydroxylation is 1. The third-order valence-corrected chi connectivity index (χ3v) is 4.74. The lowest BCUT2D eigenvalue weighted by molar-refractivity contribution is 0.102. The molecule has 5 aromatic rings. The summed E-state index contributed by atoms with van der Waals surface area (Å²) < 4.78 is 11.1. The maximum atomic E-state index is 12.7. The van der Waals surface area contributed by atoms with Crippen molar-refractivity contribution >= 4 is 22.6 Å². The van der Waals surface area contributed by atoms with Gasteiger partial charge in [0.25, 0.3) is 5.91 Å². The first-order chi connectivity index (χ1) is 14.7. The fourth-order valence-corrected chi connectivity index (χ4v) is 3.21. The topological polar surface area (TPSA) is 81.2 Å². The van der Waals surface area contributed by atoms with E-state index in [0.29, 0.717) is 39.5 Å². The van der Waals surface area contributed by atoms with E-state index < -0.39 is 0 Å². The van der Waals surface area contributed by atoms with Gasteiger partial charge in [0.05, 0.1) is 23.6 Å². The third-order valence-electron chi connectivity index (χ3n) is 4.74. The van der Waals surface area contributed by atoms with Gasteiger partial charge in [-0.25, -0.2) is 9.97 Å². The number of anilines is 1. The molecule has 3 heterocycles. The zero-order valence-corrected chi connectivity index (χ0v) is 16.1. The van der Waals surface area contributed by atoms with Crippen molar-refractivity contribution in [2.45, 2.75) is 6.92 Å². The van der Waals surface area contributed by atoms with Crippen LogP contribution in [0.4, 0.5) is 5.69 Å². The van der Waals surface area contributed by atoms with E-state index in [1.165, 1.54) is 0 Å². The number of benzene rings is 2. The first kappa shape index (κ1) is 17.9. The van der Waals surface area contributed by atoms with Gasteiger partial charge in [0, 0.05) is 11.3 Å². The van der Waals surface area contributed by atoms with Crippen LogP contribution in [-0.2, 0) is 0 Å². The summed E-state index contributed by atoms with van der Waals surface area (Å²) in [6.45, 7) is 2.00. The molecule has 1 amide bonds. The molecule has 6 heteroatoms. The molecule has 0 spiro atoms. The maximum Gasteiger partial charge on any atom is 0.255 e. The highest BCUT2D eigenvalue weighted by atomic mass is 16.3. The quantitative estimate of drug-likeness (QED) is 0.421. The summed E-state index contributed by atoms with van der Waals surface area (Å²) in [4.78, 5) is 22.2. The second-order valence-electron chi connectivity index (χ2n) is 6.90. The molecule has 5 rings (SSSR count). The molecule has 2 aromatic carbocycles. The van der Waals surface area contributed by atoms with Crippen LogP contribution in [0.1, 0.15) is 15.9 Å². The average molecular weight is 395 g/mol. The summed E-state index contributed by atoms with van der Waals surface area (Å²) >= 11 is 0. The first-order valence-electron chi connectivity index (χ1n) is 9.45. The lowest BCUT2D eigenvalue weighted by Gasteiger charge is -2.09. The Morgan fingerprint density at radius 2 is 1.43 bits per heavy atom. The summed E-state index contributed by atoms with van der Waals surface area (Å²) in [7, 11) is 0. The van der Waals surface area contributed by atoms with Gasteiger partial charge in [-0.05, 0) is 61.5 Å². The van der Waals surface area contributed by atoms with Crippen LogP contribution < -0.4 is 5.32 Å². The van der Waals surface area contributed by atoms with E-state index >= 15 is 0 Å². The third kappa shape index (κ3) is 3.35. The molecule has 6 nitrogen and oxygen atoms in total. The van der Waals surface area contributed by atoms with Crippen LogP contribution in [0.15, 0.2) is 88.1 Å². The highest BCUT2D eigenvalue weighted by Crippen LogP contribution is 2.31. The number of carbonyl (C=O) groups excluding carboxylic acids is 1. The minimum absolute atomic E-state index is 0.211. The number of furan rings is 2. The van der Waals surface area contributed by atoms with Gasteiger partial charge in [0.2, 0.25) is 0 Å². The lowest BCUT2D eigenvalue weighted by Crippen LogP contribution is -2.12. The van der Waals surface area contributed by atoms with Gasteiger partial charge in [0.1, 0.15) is 11.4 Å². The van der Waals surface area contributed by atoms with E-state index in [0.717, 1.165) is 11.3 Å². The molecule has 0 aliphatic rings. The van der Waals surface area contributed by atoms with Crippen LogP contribution in [-0.4, -0.2) is 15.9 Å². The molecule has 0 saturated carbocycles. The van der Waals surface area contributed by atoms with Gasteiger partial charge in [-0.2, -0.15) is 0 Å².